The van der Waals surface area contributed by atoms with Crippen molar-refractivity contribution in [3.05, 3.63) is 0 Å². The summed E-state index contributed by atoms with van der Waals surface area (Å²) in [5, 5.41) is 9.37. The first kappa shape index (κ1) is 12.9. The standard InChI is InChI=1S/C10H16O6/c1-6(11)14-5-9-3-8(15-7(2)12)4-10(13)16-9/h8-10,13H,3-5H2,1-2H3/t8-,9+,10-/m1/s1. The number of hydrogen-bond donors (Lipinski definition) is 1. The molecule has 0 aromatic heterocycles. The molecule has 1 fully saturated rings. The third-order valence-corrected chi connectivity index (χ3v) is 2.14. The van der Waals surface area contributed by atoms with Crippen molar-refractivity contribution in [1.82, 2.24) is 0 Å². The number of esters is 2. The molecule has 3 atom stereocenters. The van der Waals surface area contributed by atoms with Gasteiger partial charge in [-0.1, -0.05) is 0 Å². The molecule has 1 aliphatic rings. The quantitative estimate of drug-likeness (QED) is 0.688. The molecule has 92 valence electrons. The summed E-state index contributed by atoms with van der Waals surface area (Å²) in [6, 6.07) is 0. The van der Waals surface area contributed by atoms with Crippen LogP contribution in [-0.4, -0.2) is 42.1 Å². The van der Waals surface area contributed by atoms with Gasteiger partial charge in [-0.2, -0.15) is 0 Å². The van der Waals surface area contributed by atoms with Gasteiger partial charge >= 0.3 is 11.9 Å². The molecule has 0 saturated carbocycles. The first-order valence-electron chi connectivity index (χ1n) is 5.11. The van der Waals surface area contributed by atoms with E-state index in [0.29, 0.717) is 6.42 Å². The number of hydrogen-bond acceptors (Lipinski definition) is 6. The van der Waals surface area contributed by atoms with Crippen LogP contribution in [-0.2, 0) is 23.8 Å². The number of carbonyl (C=O) groups excluding carboxylic acids is 2. The lowest BCUT2D eigenvalue weighted by atomic mass is 10.1. The summed E-state index contributed by atoms with van der Waals surface area (Å²) in [6.07, 6.45) is -1.14. The Morgan fingerprint density at radius 1 is 1.31 bits per heavy atom. The third-order valence-electron chi connectivity index (χ3n) is 2.14. The molecular weight excluding hydrogens is 216 g/mol. The number of aliphatic hydroxyl groups excluding tert-OH is 1. The van der Waals surface area contributed by atoms with E-state index in [1.165, 1.54) is 13.8 Å². The highest BCUT2D eigenvalue weighted by Gasteiger charge is 2.30. The van der Waals surface area contributed by atoms with Crippen LogP contribution in [0.5, 0.6) is 0 Å². The van der Waals surface area contributed by atoms with E-state index in [1.807, 2.05) is 0 Å². The Morgan fingerprint density at radius 2 is 2.00 bits per heavy atom. The predicted molar refractivity (Wildman–Crippen MR) is 52.3 cm³/mol. The average molecular weight is 232 g/mol. The monoisotopic (exact) mass is 232 g/mol. The van der Waals surface area contributed by atoms with Crippen molar-refractivity contribution in [1.29, 1.82) is 0 Å². The van der Waals surface area contributed by atoms with Crippen molar-refractivity contribution >= 4 is 11.9 Å². The van der Waals surface area contributed by atoms with E-state index >= 15 is 0 Å². The van der Waals surface area contributed by atoms with E-state index in [4.69, 9.17) is 14.2 Å². The summed E-state index contributed by atoms with van der Waals surface area (Å²) in [5.41, 5.74) is 0. The highest BCUT2D eigenvalue weighted by molar-refractivity contribution is 5.66. The fraction of sp³-hybridized carbons (Fsp3) is 0.800. The van der Waals surface area contributed by atoms with Crippen LogP contribution >= 0.6 is 0 Å². The van der Waals surface area contributed by atoms with Gasteiger partial charge in [-0.3, -0.25) is 9.59 Å². The molecule has 1 saturated heterocycles. The van der Waals surface area contributed by atoms with Crippen molar-refractivity contribution in [2.75, 3.05) is 6.61 Å². The van der Waals surface area contributed by atoms with Crippen molar-refractivity contribution in [2.45, 2.75) is 45.2 Å². The fourth-order valence-corrected chi connectivity index (χ4v) is 1.60. The largest absolute Gasteiger partial charge is 0.463 e. The van der Waals surface area contributed by atoms with Gasteiger partial charge in [0.05, 0.1) is 6.10 Å². The highest BCUT2D eigenvalue weighted by Crippen LogP contribution is 2.21. The summed E-state index contributed by atoms with van der Waals surface area (Å²) >= 11 is 0. The van der Waals surface area contributed by atoms with Crippen LogP contribution in [0.25, 0.3) is 0 Å². The van der Waals surface area contributed by atoms with Gasteiger partial charge in [0.25, 0.3) is 0 Å². The molecule has 1 aliphatic heterocycles. The Balaban J connectivity index is 2.40. The second kappa shape index (κ2) is 5.81. The number of rotatable bonds is 3. The maximum absolute atomic E-state index is 10.8. The Bertz CT molecular complexity index is 264. The summed E-state index contributed by atoms with van der Waals surface area (Å²) in [6.45, 7) is 2.66. The lowest BCUT2D eigenvalue weighted by Gasteiger charge is -2.31. The molecule has 0 unspecified atom stereocenters. The zero-order valence-electron chi connectivity index (χ0n) is 9.34. The van der Waals surface area contributed by atoms with Crippen LogP contribution in [0, 0.1) is 0 Å². The maximum atomic E-state index is 10.8. The van der Waals surface area contributed by atoms with Crippen LogP contribution in [0.4, 0.5) is 0 Å². The normalized spacial score (nSPS) is 29.6. The number of ether oxygens (including phenoxy) is 3. The smallest absolute Gasteiger partial charge is 0.302 e. The first-order valence-corrected chi connectivity index (χ1v) is 5.11. The second-order valence-electron chi connectivity index (χ2n) is 3.72. The molecule has 1 rings (SSSR count). The van der Waals surface area contributed by atoms with Crippen molar-refractivity contribution in [3.8, 4) is 0 Å². The van der Waals surface area contributed by atoms with Gasteiger partial charge in [-0.15, -0.1) is 0 Å². The lowest BCUT2D eigenvalue weighted by molar-refractivity contribution is -0.210. The molecule has 6 nitrogen and oxygen atoms in total. The van der Waals surface area contributed by atoms with Gasteiger partial charge in [-0.05, 0) is 0 Å². The summed E-state index contributed by atoms with van der Waals surface area (Å²) in [7, 11) is 0. The minimum Gasteiger partial charge on any atom is -0.463 e. The summed E-state index contributed by atoms with van der Waals surface area (Å²) < 4.78 is 14.9. The molecule has 0 aliphatic carbocycles. The molecule has 6 heteroatoms. The Hall–Kier alpha value is -1.14. The molecule has 1 heterocycles. The molecule has 0 amide bonds. The summed E-state index contributed by atoms with van der Waals surface area (Å²) in [4.78, 5) is 21.4. The Kier molecular flexibility index (Phi) is 4.70. The predicted octanol–water partition coefficient (Wildman–Crippen LogP) is -0.0214. The fourth-order valence-electron chi connectivity index (χ4n) is 1.60. The van der Waals surface area contributed by atoms with Crippen LogP contribution in [0.1, 0.15) is 26.7 Å². The van der Waals surface area contributed by atoms with Gasteiger partial charge < -0.3 is 19.3 Å². The van der Waals surface area contributed by atoms with E-state index in [1.54, 1.807) is 0 Å². The third kappa shape index (κ3) is 4.59. The Morgan fingerprint density at radius 3 is 2.56 bits per heavy atom. The van der Waals surface area contributed by atoms with Gasteiger partial charge in [0.2, 0.25) is 0 Å². The van der Waals surface area contributed by atoms with E-state index in [0.717, 1.165) is 0 Å². The summed E-state index contributed by atoms with van der Waals surface area (Å²) in [5.74, 6) is -0.807. The van der Waals surface area contributed by atoms with Crippen LogP contribution in [0.2, 0.25) is 0 Å². The molecule has 16 heavy (non-hydrogen) atoms. The van der Waals surface area contributed by atoms with Crippen molar-refractivity contribution in [2.24, 2.45) is 0 Å². The topological polar surface area (TPSA) is 82.1 Å². The minimum absolute atomic E-state index is 0.0597. The maximum Gasteiger partial charge on any atom is 0.302 e. The SMILES string of the molecule is CC(=O)OC[C@@H]1C[C@@H](OC(C)=O)C[C@H](O)O1. The molecule has 0 aromatic rings. The van der Waals surface area contributed by atoms with Gasteiger partial charge in [0, 0.05) is 26.7 Å². The minimum atomic E-state index is -0.987. The molecule has 1 N–H and O–H groups in total. The number of aliphatic hydroxyl groups is 1. The first-order chi connectivity index (χ1) is 7.47. The second-order valence-corrected chi connectivity index (χ2v) is 3.72. The Labute approximate surface area is 93.5 Å². The highest BCUT2D eigenvalue weighted by atomic mass is 16.6. The molecule has 0 bridgehead atoms. The number of carbonyl (C=O) groups is 2. The molecule has 0 radical (unpaired) electrons. The molecular formula is C10H16O6. The van der Waals surface area contributed by atoms with E-state index in [9.17, 15) is 14.7 Å². The lowest BCUT2D eigenvalue weighted by Crippen LogP contribution is -2.40. The van der Waals surface area contributed by atoms with Gasteiger partial charge in [0.1, 0.15) is 12.7 Å². The van der Waals surface area contributed by atoms with Crippen LogP contribution in [0.15, 0.2) is 0 Å². The zero-order valence-corrected chi connectivity index (χ0v) is 9.34. The van der Waals surface area contributed by atoms with Crippen molar-refractivity contribution < 1.29 is 28.9 Å². The van der Waals surface area contributed by atoms with Crippen LogP contribution < -0.4 is 0 Å². The van der Waals surface area contributed by atoms with Crippen LogP contribution in [0.3, 0.4) is 0 Å². The average Bonchev–Trinajstić information content (AvgIpc) is 2.12. The van der Waals surface area contributed by atoms with Gasteiger partial charge in [0.15, 0.2) is 6.29 Å². The van der Waals surface area contributed by atoms with E-state index in [2.05, 4.69) is 0 Å². The van der Waals surface area contributed by atoms with E-state index in [-0.39, 0.29) is 19.1 Å². The van der Waals surface area contributed by atoms with E-state index < -0.39 is 24.3 Å². The van der Waals surface area contributed by atoms with Crippen molar-refractivity contribution in [3.63, 3.8) is 0 Å². The van der Waals surface area contributed by atoms with Gasteiger partial charge in [-0.25, -0.2) is 0 Å². The molecule has 0 aromatic carbocycles. The molecule has 0 spiro atoms. The zero-order chi connectivity index (χ0) is 12.1.